The van der Waals surface area contributed by atoms with Crippen LogP contribution in [0, 0.1) is 0 Å². The third-order valence-corrected chi connectivity index (χ3v) is 4.72. The summed E-state index contributed by atoms with van der Waals surface area (Å²) in [5.41, 5.74) is -1.46. The lowest BCUT2D eigenvalue weighted by Crippen LogP contribution is -2.49. The number of amides is 1. The van der Waals surface area contributed by atoms with Crippen molar-refractivity contribution in [2.45, 2.75) is 26.1 Å². The van der Waals surface area contributed by atoms with Gasteiger partial charge in [0, 0.05) is 57.7 Å². The molecule has 0 unspecified atom stereocenters. The van der Waals surface area contributed by atoms with E-state index < -0.39 is 29.4 Å². The van der Waals surface area contributed by atoms with Crippen molar-refractivity contribution in [3.05, 3.63) is 35.9 Å². The van der Waals surface area contributed by atoms with E-state index in [1.54, 1.807) is 32.3 Å². The average Bonchev–Trinajstić information content (AvgIpc) is 3.15. The number of carbonyl (C=O) groups is 1. The minimum atomic E-state index is -4.65. The van der Waals surface area contributed by atoms with Crippen LogP contribution in [0.3, 0.4) is 0 Å². The van der Waals surface area contributed by atoms with Crippen LogP contribution in [0.1, 0.15) is 35.9 Å². The van der Waals surface area contributed by atoms with E-state index in [1.165, 1.54) is 0 Å². The molecule has 11 heteroatoms. The highest BCUT2D eigenvalue weighted by Gasteiger charge is 2.40. The Balaban J connectivity index is 1.51. The second kappa shape index (κ2) is 8.76. The highest BCUT2D eigenvalue weighted by molar-refractivity contribution is 5.95. The van der Waals surface area contributed by atoms with Gasteiger partial charge >= 0.3 is 6.18 Å². The fraction of sp³-hybridized carbons (Fsp3) is 0.556. The Labute approximate surface area is 166 Å². The quantitative estimate of drug-likeness (QED) is 0.781. The molecule has 0 aliphatic carbocycles. The number of hydrogen-bond acceptors (Lipinski definition) is 6. The number of aromatic nitrogens is 4. The van der Waals surface area contributed by atoms with Crippen molar-refractivity contribution in [1.29, 1.82) is 0 Å². The fourth-order valence-electron chi connectivity index (χ4n) is 3.25. The van der Waals surface area contributed by atoms with Gasteiger partial charge in [-0.2, -0.15) is 18.3 Å². The molecular formula is C18H24F3N7O. The lowest BCUT2D eigenvalue weighted by Gasteiger charge is -2.34. The van der Waals surface area contributed by atoms with Gasteiger partial charge in [0.1, 0.15) is 0 Å². The third kappa shape index (κ3) is 5.03. The molecule has 1 saturated heterocycles. The SMILES string of the molecule is CC(C)n1ncc(C(=O)NCCN2CCN(c3ncccn3)CC2)c1C(F)(F)F. The van der Waals surface area contributed by atoms with Crippen molar-refractivity contribution in [1.82, 2.24) is 30.0 Å². The number of piperazine rings is 1. The van der Waals surface area contributed by atoms with Crippen molar-refractivity contribution < 1.29 is 18.0 Å². The normalized spacial score (nSPS) is 15.7. The lowest BCUT2D eigenvalue weighted by molar-refractivity contribution is -0.145. The topological polar surface area (TPSA) is 79.2 Å². The second-order valence-corrected chi connectivity index (χ2v) is 7.08. The van der Waals surface area contributed by atoms with Gasteiger partial charge in [0.05, 0.1) is 11.8 Å². The van der Waals surface area contributed by atoms with Crippen LogP contribution in [-0.4, -0.2) is 69.8 Å². The van der Waals surface area contributed by atoms with Gasteiger partial charge in [-0.3, -0.25) is 14.4 Å². The van der Waals surface area contributed by atoms with Crippen molar-refractivity contribution in [2.24, 2.45) is 0 Å². The van der Waals surface area contributed by atoms with Gasteiger partial charge in [-0.05, 0) is 19.9 Å². The van der Waals surface area contributed by atoms with Crippen molar-refractivity contribution in [3.8, 4) is 0 Å². The van der Waals surface area contributed by atoms with Gasteiger partial charge in [0.2, 0.25) is 5.95 Å². The lowest BCUT2D eigenvalue weighted by atomic mass is 10.2. The summed E-state index contributed by atoms with van der Waals surface area (Å²) in [5, 5.41) is 6.33. The van der Waals surface area contributed by atoms with Crippen LogP contribution < -0.4 is 10.2 Å². The Hall–Kier alpha value is -2.69. The van der Waals surface area contributed by atoms with Crippen LogP contribution in [-0.2, 0) is 6.18 Å². The molecule has 0 aromatic carbocycles. The van der Waals surface area contributed by atoms with Crippen LogP contribution in [0.2, 0.25) is 0 Å². The molecule has 1 N–H and O–H groups in total. The Morgan fingerprint density at radius 2 is 1.83 bits per heavy atom. The number of rotatable bonds is 6. The zero-order valence-corrected chi connectivity index (χ0v) is 16.4. The smallest absolute Gasteiger partial charge is 0.351 e. The summed E-state index contributed by atoms with van der Waals surface area (Å²) in [6, 6.07) is 1.26. The molecule has 2 aromatic heterocycles. The molecule has 29 heavy (non-hydrogen) atoms. The average molecular weight is 411 g/mol. The Bertz CT molecular complexity index is 815. The molecule has 8 nitrogen and oxygen atoms in total. The maximum Gasteiger partial charge on any atom is 0.433 e. The van der Waals surface area contributed by atoms with Crippen LogP contribution in [0.5, 0.6) is 0 Å². The molecule has 0 radical (unpaired) electrons. The first kappa shape index (κ1) is 21.0. The number of hydrogen-bond donors (Lipinski definition) is 1. The van der Waals surface area contributed by atoms with Gasteiger partial charge < -0.3 is 10.2 Å². The molecule has 1 fully saturated rings. The second-order valence-electron chi connectivity index (χ2n) is 7.08. The first-order valence-electron chi connectivity index (χ1n) is 9.44. The van der Waals surface area contributed by atoms with E-state index in [9.17, 15) is 18.0 Å². The molecule has 1 aliphatic rings. The molecule has 0 spiro atoms. The number of alkyl halides is 3. The highest BCUT2D eigenvalue weighted by Crippen LogP contribution is 2.33. The number of nitrogens with one attached hydrogen (secondary N) is 1. The van der Waals surface area contributed by atoms with E-state index in [1.807, 2.05) is 0 Å². The maximum atomic E-state index is 13.4. The predicted molar refractivity (Wildman–Crippen MR) is 101 cm³/mol. The molecule has 0 saturated carbocycles. The molecular weight excluding hydrogens is 387 g/mol. The molecule has 1 aliphatic heterocycles. The van der Waals surface area contributed by atoms with Gasteiger partial charge in [0.15, 0.2) is 5.69 Å². The summed E-state index contributed by atoms with van der Waals surface area (Å²) < 4.78 is 41.0. The first-order valence-corrected chi connectivity index (χ1v) is 9.44. The Morgan fingerprint density at radius 1 is 1.17 bits per heavy atom. The molecule has 2 aromatic rings. The molecule has 1 amide bonds. The summed E-state index contributed by atoms with van der Waals surface area (Å²) >= 11 is 0. The Kier molecular flexibility index (Phi) is 6.36. The van der Waals surface area contributed by atoms with Gasteiger partial charge in [-0.15, -0.1) is 0 Å². The number of nitrogens with zero attached hydrogens (tertiary/aromatic N) is 6. The summed E-state index contributed by atoms with van der Waals surface area (Å²) in [6.45, 7) is 6.99. The number of carbonyl (C=O) groups excluding carboxylic acids is 1. The van der Waals surface area contributed by atoms with Crippen LogP contribution >= 0.6 is 0 Å². The highest BCUT2D eigenvalue weighted by atomic mass is 19.4. The molecule has 3 rings (SSSR count). The predicted octanol–water partition coefficient (Wildman–Crippen LogP) is 1.82. The van der Waals surface area contributed by atoms with E-state index in [4.69, 9.17) is 0 Å². The van der Waals surface area contributed by atoms with Gasteiger partial charge in [-0.1, -0.05) is 0 Å². The van der Waals surface area contributed by atoms with Crippen molar-refractivity contribution in [2.75, 3.05) is 44.2 Å². The fourth-order valence-corrected chi connectivity index (χ4v) is 3.25. The standard InChI is InChI=1S/C18H24F3N7O/c1-13(2)28-15(18(19,20)21)14(12-25-28)16(29)22-6-7-26-8-10-27(11-9-26)17-23-4-3-5-24-17/h3-5,12-13H,6-11H2,1-2H3,(H,22,29). The van der Waals surface area contributed by atoms with Crippen LogP contribution in [0.4, 0.5) is 19.1 Å². The number of anilines is 1. The molecule has 0 bridgehead atoms. The first-order chi connectivity index (χ1) is 13.8. The monoisotopic (exact) mass is 411 g/mol. The minimum Gasteiger partial charge on any atom is -0.351 e. The summed E-state index contributed by atoms with van der Waals surface area (Å²) in [7, 11) is 0. The van der Waals surface area contributed by atoms with Gasteiger partial charge in [-0.25, -0.2) is 9.97 Å². The summed E-state index contributed by atoms with van der Waals surface area (Å²) in [4.78, 5) is 25.0. The largest absolute Gasteiger partial charge is 0.433 e. The molecule has 0 atom stereocenters. The van der Waals surface area contributed by atoms with E-state index in [-0.39, 0.29) is 6.54 Å². The molecule has 158 valence electrons. The van der Waals surface area contributed by atoms with Crippen molar-refractivity contribution >= 4 is 11.9 Å². The zero-order chi connectivity index (χ0) is 21.0. The maximum absolute atomic E-state index is 13.4. The van der Waals surface area contributed by atoms with Crippen molar-refractivity contribution in [3.63, 3.8) is 0 Å². The number of halogens is 3. The van der Waals surface area contributed by atoms with E-state index in [2.05, 4.69) is 30.2 Å². The van der Waals surface area contributed by atoms with E-state index in [0.29, 0.717) is 12.5 Å². The van der Waals surface area contributed by atoms with Crippen LogP contribution in [0.25, 0.3) is 0 Å². The summed E-state index contributed by atoms with van der Waals surface area (Å²) in [6.07, 6.45) is -0.276. The van der Waals surface area contributed by atoms with Gasteiger partial charge in [0.25, 0.3) is 5.91 Å². The van der Waals surface area contributed by atoms with E-state index >= 15 is 0 Å². The van der Waals surface area contributed by atoms with Crippen LogP contribution in [0.15, 0.2) is 24.7 Å². The Morgan fingerprint density at radius 3 is 2.41 bits per heavy atom. The summed E-state index contributed by atoms with van der Waals surface area (Å²) in [5.74, 6) is -0.0807. The zero-order valence-electron chi connectivity index (χ0n) is 16.4. The van der Waals surface area contributed by atoms with E-state index in [0.717, 1.165) is 37.1 Å². The third-order valence-electron chi connectivity index (χ3n) is 4.72. The minimum absolute atomic E-state index is 0.255. The molecule has 3 heterocycles.